The highest BCUT2D eigenvalue weighted by Gasteiger charge is 2.49. The van der Waals surface area contributed by atoms with Crippen molar-refractivity contribution in [2.45, 2.75) is 18.3 Å². The quantitative estimate of drug-likeness (QED) is 0.906. The van der Waals surface area contributed by atoms with Gasteiger partial charge in [-0.1, -0.05) is 18.2 Å². The predicted molar refractivity (Wildman–Crippen MR) is 69.5 cm³/mol. The third kappa shape index (κ3) is 1.60. The fraction of sp³-hybridized carbons (Fsp3) is 0.308. The van der Waals surface area contributed by atoms with Gasteiger partial charge in [-0.05, 0) is 18.9 Å². The zero-order chi connectivity index (χ0) is 11.9. The number of hydrogen-bond donors (Lipinski definition) is 1. The molecule has 0 aliphatic heterocycles. The number of nitrogen functional groups attached to an aromatic ring is 1. The van der Waals surface area contributed by atoms with E-state index >= 15 is 0 Å². The Morgan fingerprint density at radius 3 is 2.71 bits per heavy atom. The lowest BCUT2D eigenvalue weighted by molar-refractivity contribution is 0.406. The van der Waals surface area contributed by atoms with Crippen LogP contribution in [0, 0.1) is 0 Å². The lowest BCUT2D eigenvalue weighted by atomic mass is 9.92. The van der Waals surface area contributed by atoms with Crippen LogP contribution < -0.4 is 10.5 Å². The molecular formula is C13H14N2OS. The number of methoxy groups -OCH3 is 1. The first-order chi connectivity index (χ1) is 8.26. The van der Waals surface area contributed by atoms with Crippen molar-refractivity contribution < 1.29 is 4.74 Å². The molecule has 0 atom stereocenters. The number of anilines is 1. The molecule has 0 saturated heterocycles. The van der Waals surface area contributed by atoms with Crippen LogP contribution in [0.2, 0.25) is 0 Å². The summed E-state index contributed by atoms with van der Waals surface area (Å²) in [6.07, 6.45) is 2.24. The third-order valence-corrected chi connectivity index (χ3v) is 4.06. The van der Waals surface area contributed by atoms with Crippen molar-refractivity contribution in [2.75, 3.05) is 12.8 Å². The van der Waals surface area contributed by atoms with Crippen LogP contribution >= 0.6 is 11.3 Å². The van der Waals surface area contributed by atoms with Gasteiger partial charge < -0.3 is 10.5 Å². The van der Waals surface area contributed by atoms with Gasteiger partial charge in [-0.2, -0.15) is 0 Å². The Labute approximate surface area is 104 Å². The molecule has 1 aromatic carbocycles. The van der Waals surface area contributed by atoms with E-state index in [9.17, 15) is 0 Å². The number of nitrogens with two attached hydrogens (primary N) is 1. The van der Waals surface area contributed by atoms with Crippen LogP contribution in [0.5, 0.6) is 5.75 Å². The Hall–Kier alpha value is -1.55. The SMILES string of the molecule is COc1ccccc1C1(c2csc(N)n2)CC1. The zero-order valence-electron chi connectivity index (χ0n) is 9.64. The number of nitrogens with zero attached hydrogens (tertiary/aromatic N) is 1. The van der Waals surface area contributed by atoms with E-state index in [0.717, 1.165) is 24.3 Å². The first kappa shape index (κ1) is 10.6. The second kappa shape index (κ2) is 3.74. The number of rotatable bonds is 3. The maximum absolute atomic E-state index is 5.73. The van der Waals surface area contributed by atoms with Crippen molar-refractivity contribution >= 4 is 16.5 Å². The van der Waals surface area contributed by atoms with E-state index < -0.39 is 0 Å². The van der Waals surface area contributed by atoms with Crippen LogP contribution in [-0.2, 0) is 5.41 Å². The summed E-state index contributed by atoms with van der Waals surface area (Å²) in [5.74, 6) is 0.941. The average molecular weight is 246 g/mol. The van der Waals surface area contributed by atoms with Crippen LogP contribution in [0.25, 0.3) is 0 Å². The molecule has 2 N–H and O–H groups in total. The normalized spacial score (nSPS) is 16.8. The summed E-state index contributed by atoms with van der Waals surface area (Å²) in [4.78, 5) is 4.44. The molecule has 1 saturated carbocycles. The number of para-hydroxylation sites is 1. The average Bonchev–Trinajstić information content (AvgIpc) is 3.06. The first-order valence-electron chi connectivity index (χ1n) is 5.61. The fourth-order valence-electron chi connectivity index (χ4n) is 2.34. The Morgan fingerprint density at radius 1 is 1.35 bits per heavy atom. The van der Waals surface area contributed by atoms with E-state index in [2.05, 4.69) is 16.4 Å². The Bertz CT molecular complexity index is 546. The van der Waals surface area contributed by atoms with Crippen molar-refractivity contribution in [2.24, 2.45) is 0 Å². The molecule has 2 aromatic rings. The van der Waals surface area contributed by atoms with Gasteiger partial charge in [0.2, 0.25) is 0 Å². The van der Waals surface area contributed by atoms with Crippen LogP contribution in [0.15, 0.2) is 29.6 Å². The van der Waals surface area contributed by atoms with Gasteiger partial charge in [0.05, 0.1) is 12.8 Å². The second-order valence-electron chi connectivity index (χ2n) is 4.35. The monoisotopic (exact) mass is 246 g/mol. The van der Waals surface area contributed by atoms with E-state index in [-0.39, 0.29) is 5.41 Å². The van der Waals surface area contributed by atoms with Crippen LogP contribution in [0.3, 0.4) is 0 Å². The second-order valence-corrected chi connectivity index (χ2v) is 5.24. The molecule has 88 valence electrons. The highest BCUT2D eigenvalue weighted by molar-refractivity contribution is 7.13. The molecule has 1 aliphatic rings. The minimum Gasteiger partial charge on any atom is -0.496 e. The van der Waals surface area contributed by atoms with Gasteiger partial charge in [0.25, 0.3) is 0 Å². The van der Waals surface area contributed by atoms with E-state index in [1.807, 2.05) is 18.2 Å². The largest absolute Gasteiger partial charge is 0.496 e. The summed E-state index contributed by atoms with van der Waals surface area (Å²) in [5.41, 5.74) is 8.09. The van der Waals surface area contributed by atoms with Gasteiger partial charge in [0, 0.05) is 16.4 Å². The Balaban J connectivity index is 2.09. The molecule has 0 bridgehead atoms. The Kier molecular flexibility index (Phi) is 2.33. The number of thiazole rings is 1. The maximum atomic E-state index is 5.73. The fourth-order valence-corrected chi connectivity index (χ4v) is 3.00. The van der Waals surface area contributed by atoms with Gasteiger partial charge in [0.1, 0.15) is 5.75 Å². The van der Waals surface area contributed by atoms with Gasteiger partial charge >= 0.3 is 0 Å². The number of benzene rings is 1. The van der Waals surface area contributed by atoms with E-state index in [4.69, 9.17) is 10.5 Å². The van der Waals surface area contributed by atoms with E-state index in [1.54, 1.807) is 7.11 Å². The minimum absolute atomic E-state index is 0.0424. The van der Waals surface area contributed by atoms with Gasteiger partial charge in [-0.15, -0.1) is 11.3 Å². The molecule has 17 heavy (non-hydrogen) atoms. The third-order valence-electron chi connectivity index (χ3n) is 3.38. The highest BCUT2D eigenvalue weighted by atomic mass is 32.1. The number of ether oxygens (including phenoxy) is 1. The summed E-state index contributed by atoms with van der Waals surface area (Å²) in [5, 5.41) is 2.70. The topological polar surface area (TPSA) is 48.1 Å². The Morgan fingerprint density at radius 2 is 2.12 bits per heavy atom. The van der Waals surface area contributed by atoms with Crippen molar-refractivity contribution in [3.63, 3.8) is 0 Å². The summed E-state index contributed by atoms with van der Waals surface area (Å²) in [6.45, 7) is 0. The van der Waals surface area contributed by atoms with Crippen LogP contribution in [0.1, 0.15) is 24.1 Å². The molecule has 1 fully saturated rings. The molecule has 1 heterocycles. The predicted octanol–water partition coefficient (Wildman–Crippen LogP) is 2.81. The molecule has 1 aromatic heterocycles. The van der Waals surface area contributed by atoms with Gasteiger partial charge in [0.15, 0.2) is 5.13 Å². The molecule has 0 radical (unpaired) electrons. The smallest absolute Gasteiger partial charge is 0.180 e. The van der Waals surface area contributed by atoms with Crippen molar-refractivity contribution in [3.05, 3.63) is 40.9 Å². The highest BCUT2D eigenvalue weighted by Crippen LogP contribution is 2.55. The van der Waals surface area contributed by atoms with Crippen molar-refractivity contribution in [1.82, 2.24) is 4.98 Å². The molecule has 3 rings (SSSR count). The first-order valence-corrected chi connectivity index (χ1v) is 6.49. The molecular weight excluding hydrogens is 232 g/mol. The minimum atomic E-state index is 0.0424. The van der Waals surface area contributed by atoms with Crippen molar-refractivity contribution in [1.29, 1.82) is 0 Å². The molecule has 4 heteroatoms. The summed E-state index contributed by atoms with van der Waals surface area (Å²) in [6, 6.07) is 8.17. The lowest BCUT2D eigenvalue weighted by Gasteiger charge is -2.16. The summed E-state index contributed by atoms with van der Waals surface area (Å²) in [7, 11) is 1.71. The van der Waals surface area contributed by atoms with Crippen LogP contribution in [-0.4, -0.2) is 12.1 Å². The molecule has 1 aliphatic carbocycles. The summed E-state index contributed by atoms with van der Waals surface area (Å²) < 4.78 is 5.44. The molecule has 0 unspecified atom stereocenters. The standard InChI is InChI=1S/C13H14N2OS/c1-16-10-5-3-2-4-9(10)13(6-7-13)11-8-17-12(14)15-11/h2-5,8H,6-7H2,1H3,(H2,14,15). The molecule has 0 spiro atoms. The van der Waals surface area contributed by atoms with Crippen LogP contribution in [0.4, 0.5) is 5.13 Å². The lowest BCUT2D eigenvalue weighted by Crippen LogP contribution is -2.11. The maximum Gasteiger partial charge on any atom is 0.180 e. The van der Waals surface area contributed by atoms with Gasteiger partial charge in [-0.25, -0.2) is 4.98 Å². The van der Waals surface area contributed by atoms with E-state index in [0.29, 0.717) is 5.13 Å². The molecule has 3 nitrogen and oxygen atoms in total. The zero-order valence-corrected chi connectivity index (χ0v) is 10.5. The summed E-state index contributed by atoms with van der Waals surface area (Å²) >= 11 is 1.51. The van der Waals surface area contributed by atoms with E-state index in [1.165, 1.54) is 16.9 Å². The van der Waals surface area contributed by atoms with Gasteiger partial charge in [-0.3, -0.25) is 0 Å². The van der Waals surface area contributed by atoms with Crippen molar-refractivity contribution in [3.8, 4) is 5.75 Å². The number of aromatic nitrogens is 1. The number of hydrogen-bond acceptors (Lipinski definition) is 4. The molecule has 0 amide bonds.